The van der Waals surface area contributed by atoms with Gasteiger partial charge in [-0.15, -0.1) is 0 Å². The van der Waals surface area contributed by atoms with E-state index in [1.807, 2.05) is 60.7 Å². The minimum atomic E-state index is -2.76. The molecule has 1 unspecified atom stereocenters. The molecule has 0 fully saturated rings. The van der Waals surface area contributed by atoms with E-state index in [0.717, 1.165) is 33.2 Å². The molecule has 9 rings (SSSR count). The summed E-state index contributed by atoms with van der Waals surface area (Å²) in [4.78, 5) is 20.2. The summed E-state index contributed by atoms with van der Waals surface area (Å²) >= 11 is 0. The molecule has 0 spiro atoms. The van der Waals surface area contributed by atoms with Crippen molar-refractivity contribution >= 4 is 40.1 Å². The highest BCUT2D eigenvalue weighted by atomic mass is 28.3. The number of hydrogen-bond acceptors (Lipinski definition) is 4. The standard InChI is InChI=1S/C40H27N5Si/c1-4-14-28(15-5-1)37-42-38(29-16-6-2-7-17-29)44-39(43-37)30-24-26-32(27-25-30)46(31-18-8-3-9-19-31)36-23-13-12-22-35(36)45-34-21-11-10-20-33(34)41-40(45)46/h1-27H. The Morgan fingerprint density at radius 3 is 1.50 bits per heavy atom. The van der Waals surface area contributed by atoms with Crippen LogP contribution in [0.3, 0.4) is 0 Å². The van der Waals surface area contributed by atoms with E-state index in [1.54, 1.807) is 0 Å². The molecule has 1 aliphatic heterocycles. The molecule has 0 N–H and O–H groups in total. The number of fused-ring (bicyclic) bond motifs is 5. The topological polar surface area (TPSA) is 56.5 Å². The molecule has 216 valence electrons. The minimum Gasteiger partial charge on any atom is -0.299 e. The molecule has 6 heteroatoms. The maximum Gasteiger partial charge on any atom is 0.226 e. The molecule has 2 aromatic heterocycles. The maximum absolute atomic E-state index is 5.38. The number of rotatable bonds is 5. The second kappa shape index (κ2) is 10.6. The fourth-order valence-electron chi connectivity index (χ4n) is 6.86. The van der Waals surface area contributed by atoms with Crippen molar-refractivity contribution in [3.8, 4) is 39.9 Å². The van der Waals surface area contributed by atoms with E-state index in [0.29, 0.717) is 17.5 Å². The predicted octanol–water partition coefficient (Wildman–Crippen LogP) is 5.90. The second-order valence-electron chi connectivity index (χ2n) is 11.5. The Labute approximate surface area is 267 Å². The van der Waals surface area contributed by atoms with Gasteiger partial charge in [-0.25, -0.2) is 19.9 Å². The van der Waals surface area contributed by atoms with Crippen molar-refractivity contribution in [2.75, 3.05) is 0 Å². The van der Waals surface area contributed by atoms with Gasteiger partial charge >= 0.3 is 0 Å². The van der Waals surface area contributed by atoms with E-state index in [1.165, 1.54) is 21.2 Å². The summed E-state index contributed by atoms with van der Waals surface area (Å²) in [6.07, 6.45) is 0. The Kier molecular flexibility index (Phi) is 6.08. The Bertz CT molecular complexity index is 2300. The van der Waals surface area contributed by atoms with Crippen LogP contribution in [0.2, 0.25) is 0 Å². The van der Waals surface area contributed by atoms with Gasteiger partial charge in [-0.05, 0) is 33.8 Å². The molecule has 8 aromatic rings. The number of para-hydroxylation sites is 3. The van der Waals surface area contributed by atoms with E-state index in [9.17, 15) is 0 Å². The lowest BCUT2D eigenvalue weighted by molar-refractivity contribution is 1.07. The van der Waals surface area contributed by atoms with Crippen LogP contribution in [0.15, 0.2) is 164 Å². The van der Waals surface area contributed by atoms with Crippen molar-refractivity contribution in [2.24, 2.45) is 0 Å². The van der Waals surface area contributed by atoms with Gasteiger partial charge in [0, 0.05) is 22.4 Å². The largest absolute Gasteiger partial charge is 0.299 e. The third-order valence-electron chi connectivity index (χ3n) is 8.93. The van der Waals surface area contributed by atoms with Gasteiger partial charge in [0.25, 0.3) is 0 Å². The minimum absolute atomic E-state index is 0.647. The molecule has 0 bridgehead atoms. The van der Waals surface area contributed by atoms with Gasteiger partial charge in [-0.2, -0.15) is 0 Å². The zero-order valence-corrected chi connectivity index (χ0v) is 25.8. The summed E-state index contributed by atoms with van der Waals surface area (Å²) in [6.45, 7) is 0. The molecule has 6 aromatic carbocycles. The van der Waals surface area contributed by atoms with Crippen LogP contribution in [0.4, 0.5) is 0 Å². The fraction of sp³-hybridized carbons (Fsp3) is 0. The monoisotopic (exact) mass is 605 g/mol. The number of benzene rings is 6. The molecule has 3 heterocycles. The summed E-state index contributed by atoms with van der Waals surface area (Å²) in [5, 5.41) is 3.92. The molecular weight excluding hydrogens is 579 g/mol. The molecule has 0 aliphatic carbocycles. The van der Waals surface area contributed by atoms with Crippen LogP contribution in [0.5, 0.6) is 0 Å². The highest BCUT2D eigenvalue weighted by molar-refractivity contribution is 7.20. The lowest BCUT2D eigenvalue weighted by Crippen LogP contribution is -2.73. The van der Waals surface area contributed by atoms with Gasteiger partial charge in [-0.3, -0.25) is 4.57 Å². The first kappa shape index (κ1) is 26.4. The molecule has 0 radical (unpaired) electrons. The number of hydrogen-bond donors (Lipinski definition) is 0. The Hall–Kier alpha value is -5.98. The van der Waals surface area contributed by atoms with Gasteiger partial charge in [0.15, 0.2) is 17.5 Å². The number of aromatic nitrogens is 5. The van der Waals surface area contributed by atoms with Crippen LogP contribution in [0, 0.1) is 0 Å². The summed E-state index contributed by atoms with van der Waals surface area (Å²) < 4.78 is 2.39. The fourth-order valence-corrected chi connectivity index (χ4v) is 11.7. The SMILES string of the molecule is c1ccc(-c2nc(-c3ccccc3)nc(-c3ccc([Si]4(c5ccccc5)c5ccccc5-n5c4nc4ccccc45)cc3)n2)cc1. The molecule has 0 saturated carbocycles. The van der Waals surface area contributed by atoms with Crippen LogP contribution in [0.1, 0.15) is 0 Å². The van der Waals surface area contributed by atoms with E-state index < -0.39 is 8.07 Å². The first-order chi connectivity index (χ1) is 22.8. The normalized spacial score (nSPS) is 15.0. The van der Waals surface area contributed by atoms with Gasteiger partial charge in [0.05, 0.1) is 11.0 Å². The van der Waals surface area contributed by atoms with Gasteiger partial charge in [0.1, 0.15) is 5.45 Å². The van der Waals surface area contributed by atoms with E-state index >= 15 is 0 Å². The van der Waals surface area contributed by atoms with Crippen molar-refractivity contribution in [3.05, 3.63) is 164 Å². The number of imidazole rings is 1. The van der Waals surface area contributed by atoms with Gasteiger partial charge < -0.3 is 0 Å². The van der Waals surface area contributed by atoms with Crippen LogP contribution in [-0.4, -0.2) is 32.6 Å². The van der Waals surface area contributed by atoms with Crippen LogP contribution >= 0.6 is 0 Å². The highest BCUT2D eigenvalue weighted by Gasteiger charge is 2.51. The smallest absolute Gasteiger partial charge is 0.226 e. The zero-order chi connectivity index (χ0) is 30.5. The lowest BCUT2D eigenvalue weighted by atomic mass is 10.1. The molecule has 1 aliphatic rings. The first-order valence-electron chi connectivity index (χ1n) is 15.4. The predicted molar refractivity (Wildman–Crippen MR) is 188 cm³/mol. The average molecular weight is 606 g/mol. The lowest BCUT2D eigenvalue weighted by Gasteiger charge is -2.28. The average Bonchev–Trinajstić information content (AvgIpc) is 3.66. The quantitative estimate of drug-likeness (QED) is 0.229. The molecule has 1 atom stereocenters. The Morgan fingerprint density at radius 1 is 0.391 bits per heavy atom. The van der Waals surface area contributed by atoms with E-state index in [2.05, 4.69) is 108 Å². The van der Waals surface area contributed by atoms with Crippen molar-refractivity contribution in [2.45, 2.75) is 0 Å². The van der Waals surface area contributed by atoms with Crippen molar-refractivity contribution in [1.82, 2.24) is 24.5 Å². The van der Waals surface area contributed by atoms with E-state index in [4.69, 9.17) is 19.9 Å². The third-order valence-corrected chi connectivity index (χ3v) is 13.6. The summed E-state index contributed by atoms with van der Waals surface area (Å²) in [6, 6.07) is 57.3. The third kappa shape index (κ3) is 4.01. The van der Waals surface area contributed by atoms with Crippen LogP contribution < -0.4 is 21.0 Å². The molecule has 5 nitrogen and oxygen atoms in total. The van der Waals surface area contributed by atoms with Crippen LogP contribution in [0.25, 0.3) is 50.9 Å². The Balaban J connectivity index is 1.25. The van der Waals surface area contributed by atoms with Crippen molar-refractivity contribution in [1.29, 1.82) is 0 Å². The second-order valence-corrected chi connectivity index (χ2v) is 15.1. The van der Waals surface area contributed by atoms with Gasteiger partial charge in [-0.1, -0.05) is 146 Å². The van der Waals surface area contributed by atoms with Crippen molar-refractivity contribution < 1.29 is 0 Å². The summed E-state index contributed by atoms with van der Waals surface area (Å²) in [5.74, 6) is 1.96. The first-order valence-corrected chi connectivity index (χ1v) is 17.4. The number of nitrogens with zero attached hydrogens (tertiary/aromatic N) is 5. The molecule has 0 amide bonds. The van der Waals surface area contributed by atoms with Crippen molar-refractivity contribution in [3.63, 3.8) is 0 Å². The molecular formula is C40H27N5Si. The highest BCUT2D eigenvalue weighted by Crippen LogP contribution is 2.28. The maximum atomic E-state index is 5.38. The molecule has 0 saturated heterocycles. The zero-order valence-electron chi connectivity index (χ0n) is 24.8. The summed E-state index contributed by atoms with van der Waals surface area (Å²) in [5.41, 5.74) is 7.35. The van der Waals surface area contributed by atoms with Gasteiger partial charge in [0.2, 0.25) is 8.07 Å². The molecule has 46 heavy (non-hydrogen) atoms. The van der Waals surface area contributed by atoms with Crippen LogP contribution in [-0.2, 0) is 0 Å². The summed E-state index contributed by atoms with van der Waals surface area (Å²) in [7, 11) is -2.76. The van der Waals surface area contributed by atoms with E-state index in [-0.39, 0.29) is 0 Å². The Morgan fingerprint density at radius 2 is 0.870 bits per heavy atom.